The summed E-state index contributed by atoms with van der Waals surface area (Å²) in [5.41, 5.74) is 1.36. The quantitative estimate of drug-likeness (QED) is 0.586. The number of aryl methyl sites for hydroxylation is 1. The first-order chi connectivity index (χ1) is 15.6. The molecule has 1 amide bonds. The number of carbonyl (C=O) groups excluding carboxylic acids is 2. The van der Waals surface area contributed by atoms with Crippen LogP contribution in [-0.2, 0) is 19.6 Å². The number of sulfonamides is 1. The minimum atomic E-state index is -3.86. The maximum Gasteiger partial charge on any atom is 0.338 e. The van der Waals surface area contributed by atoms with E-state index in [0.717, 1.165) is 18.4 Å². The van der Waals surface area contributed by atoms with Crippen molar-refractivity contribution in [1.82, 2.24) is 4.31 Å². The van der Waals surface area contributed by atoms with Gasteiger partial charge < -0.3 is 14.8 Å². The highest BCUT2D eigenvalue weighted by molar-refractivity contribution is 7.89. The molecule has 3 rings (SSSR count). The molecule has 1 saturated heterocycles. The van der Waals surface area contributed by atoms with E-state index in [0.29, 0.717) is 24.5 Å². The number of hydrogen-bond acceptors (Lipinski definition) is 6. The van der Waals surface area contributed by atoms with Crippen molar-refractivity contribution in [2.45, 2.75) is 31.6 Å². The van der Waals surface area contributed by atoms with Crippen LogP contribution in [0, 0.1) is 12.8 Å². The van der Waals surface area contributed by atoms with Gasteiger partial charge in [0.25, 0.3) is 5.91 Å². The third-order valence-corrected chi connectivity index (χ3v) is 7.71. The van der Waals surface area contributed by atoms with Gasteiger partial charge in [-0.1, -0.05) is 24.6 Å². The molecule has 178 valence electrons. The minimum absolute atomic E-state index is 0.0102. The van der Waals surface area contributed by atoms with Crippen molar-refractivity contribution >= 4 is 39.2 Å². The molecule has 1 heterocycles. The number of rotatable bonds is 7. The number of halogens is 1. The topological polar surface area (TPSA) is 102 Å². The van der Waals surface area contributed by atoms with Gasteiger partial charge in [-0.3, -0.25) is 4.79 Å². The van der Waals surface area contributed by atoms with Gasteiger partial charge in [-0.2, -0.15) is 4.31 Å². The van der Waals surface area contributed by atoms with Crippen molar-refractivity contribution in [2.75, 3.05) is 32.1 Å². The number of nitrogens with one attached hydrogen (secondary N) is 1. The van der Waals surface area contributed by atoms with E-state index in [1.54, 1.807) is 12.1 Å². The zero-order valence-electron chi connectivity index (χ0n) is 18.8. The predicted octanol–water partition coefficient (Wildman–Crippen LogP) is 3.87. The van der Waals surface area contributed by atoms with Gasteiger partial charge >= 0.3 is 5.97 Å². The third-order valence-electron chi connectivity index (χ3n) is 5.37. The second kappa shape index (κ2) is 10.5. The van der Waals surface area contributed by atoms with Crippen LogP contribution in [0.3, 0.4) is 0 Å². The van der Waals surface area contributed by atoms with Gasteiger partial charge in [-0.15, -0.1) is 0 Å². The number of benzene rings is 2. The molecule has 0 aliphatic carbocycles. The molecular weight excluding hydrogens is 468 g/mol. The summed E-state index contributed by atoms with van der Waals surface area (Å²) >= 11 is 6.17. The fraction of sp³-hybridized carbons (Fsp3) is 0.391. The van der Waals surface area contributed by atoms with Gasteiger partial charge in [-0.05, 0) is 61.6 Å². The lowest BCUT2D eigenvalue weighted by Crippen LogP contribution is -2.39. The van der Waals surface area contributed by atoms with Crippen LogP contribution in [0.4, 0.5) is 5.69 Å². The predicted molar refractivity (Wildman–Crippen MR) is 125 cm³/mol. The Kier molecular flexibility index (Phi) is 7.99. The molecule has 10 heteroatoms. The molecule has 0 spiro atoms. The average Bonchev–Trinajstić information content (AvgIpc) is 2.78. The molecule has 1 unspecified atom stereocenters. The number of methoxy groups -OCH3 is 1. The van der Waals surface area contributed by atoms with Gasteiger partial charge in [0.15, 0.2) is 6.61 Å². The summed E-state index contributed by atoms with van der Waals surface area (Å²) < 4.78 is 37.9. The van der Waals surface area contributed by atoms with E-state index in [9.17, 15) is 18.0 Å². The zero-order valence-corrected chi connectivity index (χ0v) is 20.3. The van der Waals surface area contributed by atoms with Crippen LogP contribution >= 0.6 is 11.6 Å². The second-order valence-electron chi connectivity index (χ2n) is 8.08. The standard InChI is InChI=1S/C23H27ClN2O6S/c1-15-6-9-20(31-3)19(11-15)25-22(27)14-32-23(28)17-7-8-18(24)21(12-17)33(29,30)26-10-4-5-16(2)13-26/h6-9,11-12,16H,4-5,10,13-14H2,1-3H3,(H,25,27). The Morgan fingerprint density at radius 3 is 2.67 bits per heavy atom. The second-order valence-corrected chi connectivity index (χ2v) is 10.4. The van der Waals surface area contributed by atoms with E-state index in [2.05, 4.69) is 5.32 Å². The zero-order chi connectivity index (χ0) is 24.2. The van der Waals surface area contributed by atoms with Gasteiger partial charge in [0, 0.05) is 13.1 Å². The summed E-state index contributed by atoms with van der Waals surface area (Å²) in [5.74, 6) is -0.677. The normalized spacial score (nSPS) is 16.8. The molecule has 0 radical (unpaired) electrons. The first-order valence-corrected chi connectivity index (χ1v) is 12.3. The Labute approximate surface area is 198 Å². The molecule has 1 atom stereocenters. The Balaban J connectivity index is 1.70. The van der Waals surface area contributed by atoms with Crippen LogP contribution < -0.4 is 10.1 Å². The SMILES string of the molecule is COc1ccc(C)cc1NC(=O)COC(=O)c1ccc(Cl)c(S(=O)(=O)N2CCCC(C)C2)c1. The first kappa shape index (κ1) is 25.0. The molecule has 1 N–H and O–H groups in total. The van der Waals surface area contributed by atoms with Crippen LogP contribution in [0.5, 0.6) is 5.75 Å². The number of amides is 1. The highest BCUT2D eigenvalue weighted by atomic mass is 35.5. The monoisotopic (exact) mass is 494 g/mol. The molecule has 8 nitrogen and oxygen atoms in total. The number of nitrogens with zero attached hydrogens (tertiary/aromatic N) is 1. The lowest BCUT2D eigenvalue weighted by atomic mass is 10.0. The van der Waals surface area contributed by atoms with E-state index in [1.807, 2.05) is 19.9 Å². The van der Waals surface area contributed by atoms with Gasteiger partial charge in [0.1, 0.15) is 10.6 Å². The summed E-state index contributed by atoms with van der Waals surface area (Å²) in [6, 6.07) is 9.19. The Hall–Kier alpha value is -2.62. The van der Waals surface area contributed by atoms with Crippen LogP contribution in [-0.4, -0.2) is 51.4 Å². The lowest BCUT2D eigenvalue weighted by Gasteiger charge is -2.30. The molecule has 1 aliphatic heterocycles. The Bertz CT molecular complexity index is 1150. The minimum Gasteiger partial charge on any atom is -0.495 e. The maximum atomic E-state index is 13.1. The number of anilines is 1. The van der Waals surface area contributed by atoms with Gasteiger partial charge in [0.05, 0.1) is 23.4 Å². The van der Waals surface area contributed by atoms with Crippen molar-refractivity contribution in [3.8, 4) is 5.75 Å². The van der Waals surface area contributed by atoms with E-state index in [1.165, 1.54) is 29.6 Å². The number of piperidine rings is 1. The van der Waals surface area contributed by atoms with E-state index < -0.39 is 28.5 Å². The Morgan fingerprint density at radius 1 is 1.21 bits per heavy atom. The number of hydrogen-bond donors (Lipinski definition) is 1. The molecule has 2 aromatic rings. The average molecular weight is 495 g/mol. The molecular formula is C23H27ClN2O6S. The van der Waals surface area contributed by atoms with Crippen molar-refractivity contribution < 1.29 is 27.5 Å². The van der Waals surface area contributed by atoms with Crippen molar-refractivity contribution in [2.24, 2.45) is 5.92 Å². The highest BCUT2D eigenvalue weighted by Crippen LogP contribution is 2.29. The lowest BCUT2D eigenvalue weighted by molar-refractivity contribution is -0.119. The van der Waals surface area contributed by atoms with Crippen LogP contribution in [0.2, 0.25) is 5.02 Å². The number of carbonyl (C=O) groups is 2. The van der Waals surface area contributed by atoms with Crippen molar-refractivity contribution in [3.05, 3.63) is 52.5 Å². The molecule has 0 aromatic heterocycles. The largest absolute Gasteiger partial charge is 0.495 e. The fourth-order valence-corrected chi connectivity index (χ4v) is 5.75. The van der Waals surface area contributed by atoms with Crippen molar-refractivity contribution in [1.29, 1.82) is 0 Å². The number of esters is 1. The van der Waals surface area contributed by atoms with Crippen LogP contribution in [0.15, 0.2) is 41.3 Å². The molecule has 1 aliphatic rings. The van der Waals surface area contributed by atoms with E-state index >= 15 is 0 Å². The molecule has 0 bridgehead atoms. The summed E-state index contributed by atoms with van der Waals surface area (Å²) in [6.45, 7) is 4.11. The molecule has 0 saturated carbocycles. The third kappa shape index (κ3) is 6.04. The summed E-state index contributed by atoms with van der Waals surface area (Å²) in [4.78, 5) is 24.6. The smallest absolute Gasteiger partial charge is 0.338 e. The van der Waals surface area contributed by atoms with Gasteiger partial charge in [0.2, 0.25) is 10.0 Å². The Morgan fingerprint density at radius 2 is 1.97 bits per heavy atom. The number of ether oxygens (including phenoxy) is 2. The molecule has 2 aromatic carbocycles. The van der Waals surface area contributed by atoms with Gasteiger partial charge in [-0.25, -0.2) is 13.2 Å². The maximum absolute atomic E-state index is 13.1. The van der Waals surface area contributed by atoms with Crippen molar-refractivity contribution in [3.63, 3.8) is 0 Å². The fourth-order valence-electron chi connectivity index (χ4n) is 3.65. The highest BCUT2D eigenvalue weighted by Gasteiger charge is 2.31. The van der Waals surface area contributed by atoms with E-state index in [-0.39, 0.29) is 21.4 Å². The summed E-state index contributed by atoms with van der Waals surface area (Å²) in [7, 11) is -2.38. The first-order valence-electron chi connectivity index (χ1n) is 10.5. The summed E-state index contributed by atoms with van der Waals surface area (Å²) in [5, 5.41) is 2.66. The molecule has 1 fully saturated rings. The molecule has 33 heavy (non-hydrogen) atoms. The van der Waals surface area contributed by atoms with E-state index in [4.69, 9.17) is 21.1 Å². The van der Waals surface area contributed by atoms with Crippen LogP contribution in [0.25, 0.3) is 0 Å². The van der Waals surface area contributed by atoms with Crippen LogP contribution in [0.1, 0.15) is 35.7 Å². The summed E-state index contributed by atoms with van der Waals surface area (Å²) in [6.07, 6.45) is 1.73.